The summed E-state index contributed by atoms with van der Waals surface area (Å²) in [5, 5.41) is 10.9. The average Bonchev–Trinajstić information content (AvgIpc) is 2.78. The Morgan fingerprint density at radius 3 is 2.71 bits per heavy atom. The van der Waals surface area contributed by atoms with E-state index in [1.165, 1.54) is 0 Å². The molecule has 1 aromatic carbocycles. The van der Waals surface area contributed by atoms with Crippen LogP contribution in [0.25, 0.3) is 0 Å². The first-order chi connectivity index (χ1) is 9.88. The van der Waals surface area contributed by atoms with Gasteiger partial charge in [0.05, 0.1) is 5.92 Å². The SMILES string of the molecule is Cc1ccc(N2CC(C(=O)NCC(=O)O)CC2=O)c(C)c1. The molecule has 2 amide bonds. The molecule has 1 saturated heterocycles. The molecule has 0 radical (unpaired) electrons. The van der Waals surface area contributed by atoms with E-state index in [2.05, 4.69) is 5.32 Å². The van der Waals surface area contributed by atoms with Gasteiger partial charge in [-0.15, -0.1) is 0 Å². The highest BCUT2D eigenvalue weighted by Crippen LogP contribution is 2.28. The molecule has 0 bridgehead atoms. The molecule has 1 aliphatic heterocycles. The summed E-state index contributed by atoms with van der Waals surface area (Å²) in [7, 11) is 0. The summed E-state index contributed by atoms with van der Waals surface area (Å²) in [4.78, 5) is 36.0. The molecule has 1 fully saturated rings. The summed E-state index contributed by atoms with van der Waals surface area (Å²) in [5.41, 5.74) is 2.90. The van der Waals surface area contributed by atoms with Crippen molar-refractivity contribution in [2.24, 2.45) is 5.92 Å². The number of nitrogens with zero attached hydrogens (tertiary/aromatic N) is 1. The molecule has 112 valence electrons. The predicted octanol–water partition coefficient (Wildman–Crippen LogP) is 0.857. The minimum Gasteiger partial charge on any atom is -0.480 e. The zero-order valence-corrected chi connectivity index (χ0v) is 12.0. The Labute approximate surface area is 122 Å². The molecule has 1 unspecified atom stereocenters. The lowest BCUT2D eigenvalue weighted by atomic mass is 10.1. The molecule has 21 heavy (non-hydrogen) atoms. The first-order valence-corrected chi connectivity index (χ1v) is 6.75. The topological polar surface area (TPSA) is 86.7 Å². The van der Waals surface area contributed by atoms with Crippen molar-refractivity contribution in [2.75, 3.05) is 18.0 Å². The first kappa shape index (κ1) is 15.0. The standard InChI is InChI=1S/C15H18N2O4/c1-9-3-4-12(10(2)5-9)17-8-11(6-13(17)18)15(21)16-7-14(19)20/h3-5,11H,6-8H2,1-2H3,(H,16,21)(H,19,20). The zero-order chi connectivity index (χ0) is 15.6. The lowest BCUT2D eigenvalue weighted by Gasteiger charge is -2.19. The van der Waals surface area contributed by atoms with Crippen LogP contribution in [0.2, 0.25) is 0 Å². The Bertz CT molecular complexity index is 597. The van der Waals surface area contributed by atoms with Crippen molar-refractivity contribution in [3.05, 3.63) is 29.3 Å². The third-order valence-electron chi connectivity index (χ3n) is 3.55. The number of amides is 2. The second-order valence-electron chi connectivity index (χ2n) is 5.31. The number of hydrogen-bond donors (Lipinski definition) is 2. The van der Waals surface area contributed by atoms with Crippen LogP contribution in [0.3, 0.4) is 0 Å². The van der Waals surface area contributed by atoms with Crippen molar-refractivity contribution in [2.45, 2.75) is 20.3 Å². The number of aliphatic carboxylic acids is 1. The van der Waals surface area contributed by atoms with E-state index in [-0.39, 0.29) is 18.9 Å². The molecular weight excluding hydrogens is 272 g/mol. The molecule has 2 rings (SSSR count). The second kappa shape index (κ2) is 5.95. The van der Waals surface area contributed by atoms with E-state index in [1.54, 1.807) is 4.90 Å². The number of rotatable bonds is 4. The van der Waals surface area contributed by atoms with Crippen LogP contribution in [-0.4, -0.2) is 36.0 Å². The lowest BCUT2D eigenvalue weighted by molar-refractivity contribution is -0.138. The van der Waals surface area contributed by atoms with E-state index < -0.39 is 24.3 Å². The van der Waals surface area contributed by atoms with E-state index in [4.69, 9.17) is 5.11 Å². The predicted molar refractivity (Wildman–Crippen MR) is 77.0 cm³/mol. The van der Waals surface area contributed by atoms with E-state index in [1.807, 2.05) is 32.0 Å². The maximum atomic E-state index is 12.1. The maximum Gasteiger partial charge on any atom is 0.322 e. The quantitative estimate of drug-likeness (QED) is 0.861. The number of carboxylic acids is 1. The minimum atomic E-state index is -1.10. The largest absolute Gasteiger partial charge is 0.480 e. The van der Waals surface area contributed by atoms with Crippen molar-refractivity contribution in [1.82, 2.24) is 5.32 Å². The van der Waals surface area contributed by atoms with Gasteiger partial charge in [-0.2, -0.15) is 0 Å². The lowest BCUT2D eigenvalue weighted by Crippen LogP contribution is -2.36. The molecule has 2 N–H and O–H groups in total. The number of anilines is 1. The molecule has 1 heterocycles. The van der Waals surface area contributed by atoms with E-state index in [9.17, 15) is 14.4 Å². The van der Waals surface area contributed by atoms with Gasteiger partial charge in [-0.1, -0.05) is 17.7 Å². The molecule has 1 aliphatic rings. The Balaban J connectivity index is 2.09. The van der Waals surface area contributed by atoms with Crippen molar-refractivity contribution in [3.8, 4) is 0 Å². The van der Waals surface area contributed by atoms with Crippen LogP contribution in [0.4, 0.5) is 5.69 Å². The summed E-state index contributed by atoms with van der Waals surface area (Å²) in [6, 6.07) is 5.79. The number of hydrogen-bond acceptors (Lipinski definition) is 3. The van der Waals surface area contributed by atoms with Gasteiger partial charge in [-0.3, -0.25) is 14.4 Å². The minimum absolute atomic E-state index is 0.110. The number of carbonyl (C=O) groups is 3. The fraction of sp³-hybridized carbons (Fsp3) is 0.400. The Hall–Kier alpha value is -2.37. The molecular formula is C15H18N2O4. The van der Waals surface area contributed by atoms with Crippen LogP contribution in [0.15, 0.2) is 18.2 Å². The normalized spacial score (nSPS) is 17.9. The molecule has 0 aliphatic carbocycles. The Morgan fingerprint density at radius 1 is 1.38 bits per heavy atom. The van der Waals surface area contributed by atoms with Gasteiger partial charge in [-0.05, 0) is 25.5 Å². The fourth-order valence-electron chi connectivity index (χ4n) is 2.53. The first-order valence-electron chi connectivity index (χ1n) is 6.75. The zero-order valence-electron chi connectivity index (χ0n) is 12.0. The van der Waals surface area contributed by atoms with Gasteiger partial charge in [-0.25, -0.2) is 0 Å². The molecule has 0 saturated carbocycles. The van der Waals surface area contributed by atoms with E-state index >= 15 is 0 Å². The van der Waals surface area contributed by atoms with E-state index in [0.717, 1.165) is 16.8 Å². The summed E-state index contributed by atoms with van der Waals surface area (Å²) in [6.07, 6.45) is 0.110. The van der Waals surface area contributed by atoms with Crippen LogP contribution in [0.1, 0.15) is 17.5 Å². The van der Waals surface area contributed by atoms with Gasteiger partial charge in [0, 0.05) is 18.7 Å². The van der Waals surface area contributed by atoms with Gasteiger partial charge >= 0.3 is 5.97 Å². The molecule has 0 aromatic heterocycles. The Kier molecular flexibility index (Phi) is 4.26. The third kappa shape index (κ3) is 3.39. The van der Waals surface area contributed by atoms with Crippen LogP contribution in [-0.2, 0) is 14.4 Å². The van der Waals surface area contributed by atoms with Gasteiger partial charge in [0.1, 0.15) is 6.54 Å². The molecule has 1 aromatic rings. The van der Waals surface area contributed by atoms with Crippen LogP contribution >= 0.6 is 0 Å². The smallest absolute Gasteiger partial charge is 0.322 e. The van der Waals surface area contributed by atoms with Gasteiger partial charge in [0.25, 0.3) is 0 Å². The average molecular weight is 290 g/mol. The number of carbonyl (C=O) groups excluding carboxylic acids is 2. The molecule has 0 spiro atoms. The van der Waals surface area contributed by atoms with Crippen molar-refractivity contribution in [1.29, 1.82) is 0 Å². The van der Waals surface area contributed by atoms with Crippen LogP contribution in [0.5, 0.6) is 0 Å². The van der Waals surface area contributed by atoms with Gasteiger partial charge < -0.3 is 15.3 Å². The summed E-state index contributed by atoms with van der Waals surface area (Å²) < 4.78 is 0. The number of aryl methyl sites for hydroxylation is 2. The van der Waals surface area contributed by atoms with Crippen LogP contribution < -0.4 is 10.2 Å². The molecule has 1 atom stereocenters. The molecule has 6 heteroatoms. The summed E-state index contributed by atoms with van der Waals surface area (Å²) >= 11 is 0. The maximum absolute atomic E-state index is 12.1. The number of nitrogens with one attached hydrogen (secondary N) is 1. The monoisotopic (exact) mass is 290 g/mol. The molecule has 6 nitrogen and oxygen atoms in total. The van der Waals surface area contributed by atoms with Crippen molar-refractivity contribution < 1.29 is 19.5 Å². The van der Waals surface area contributed by atoms with Gasteiger partial charge in [0.2, 0.25) is 11.8 Å². The number of carboxylic acid groups (broad SMARTS) is 1. The Morgan fingerprint density at radius 2 is 2.10 bits per heavy atom. The second-order valence-corrected chi connectivity index (χ2v) is 5.31. The van der Waals surface area contributed by atoms with Crippen LogP contribution in [0, 0.1) is 19.8 Å². The fourth-order valence-corrected chi connectivity index (χ4v) is 2.53. The summed E-state index contributed by atoms with van der Waals surface area (Å²) in [6.45, 7) is 3.76. The van der Waals surface area contributed by atoms with Gasteiger partial charge in [0.15, 0.2) is 0 Å². The van der Waals surface area contributed by atoms with Crippen molar-refractivity contribution >= 4 is 23.5 Å². The highest BCUT2D eigenvalue weighted by atomic mass is 16.4. The highest BCUT2D eigenvalue weighted by molar-refractivity contribution is 6.01. The van der Waals surface area contributed by atoms with E-state index in [0.29, 0.717) is 0 Å². The highest BCUT2D eigenvalue weighted by Gasteiger charge is 2.35. The number of benzene rings is 1. The third-order valence-corrected chi connectivity index (χ3v) is 3.55. The van der Waals surface area contributed by atoms with Crippen molar-refractivity contribution in [3.63, 3.8) is 0 Å². The summed E-state index contributed by atoms with van der Waals surface area (Å²) in [5.74, 6) is -2.10.